The van der Waals surface area contributed by atoms with E-state index >= 15 is 0 Å². The van der Waals surface area contributed by atoms with Crippen molar-refractivity contribution in [1.29, 1.82) is 0 Å². The van der Waals surface area contributed by atoms with Gasteiger partial charge in [-0.25, -0.2) is 0 Å². The molecule has 2 atom stereocenters. The molecular weight excluding hydrogens is 289 g/mol. The van der Waals surface area contributed by atoms with Crippen molar-refractivity contribution in [3.8, 4) is 0 Å². The lowest BCUT2D eigenvalue weighted by molar-refractivity contribution is 0.228. The molecule has 2 fully saturated rings. The Hall–Kier alpha value is -0.240. The van der Waals surface area contributed by atoms with Gasteiger partial charge in [-0.3, -0.25) is 0 Å². The van der Waals surface area contributed by atoms with E-state index in [-0.39, 0.29) is 0 Å². The van der Waals surface area contributed by atoms with Crippen LogP contribution in [0.2, 0.25) is 10.0 Å². The maximum atomic E-state index is 6.13. The van der Waals surface area contributed by atoms with Gasteiger partial charge in [0.05, 0.1) is 10.0 Å². The van der Waals surface area contributed by atoms with E-state index in [2.05, 4.69) is 11.4 Å². The monoisotopic (exact) mass is 311 g/mol. The van der Waals surface area contributed by atoms with Crippen molar-refractivity contribution in [2.45, 2.75) is 51.0 Å². The second-order valence-electron chi connectivity index (χ2n) is 6.44. The molecule has 0 aliphatic heterocycles. The van der Waals surface area contributed by atoms with Crippen LogP contribution in [0.15, 0.2) is 18.2 Å². The van der Waals surface area contributed by atoms with Gasteiger partial charge in [-0.1, -0.05) is 42.1 Å². The van der Waals surface area contributed by atoms with Crippen molar-refractivity contribution in [2.24, 2.45) is 11.8 Å². The van der Waals surface area contributed by atoms with Crippen LogP contribution in [0.3, 0.4) is 0 Å². The minimum absolute atomic E-state index is 0.658. The molecule has 3 heteroatoms. The highest BCUT2D eigenvalue weighted by Gasteiger charge is 2.28. The van der Waals surface area contributed by atoms with Crippen LogP contribution in [0.5, 0.6) is 0 Å². The summed E-state index contributed by atoms with van der Waals surface area (Å²) in [5, 5.41) is 5.06. The first-order valence-electron chi connectivity index (χ1n) is 7.89. The van der Waals surface area contributed by atoms with Gasteiger partial charge in [0.15, 0.2) is 0 Å². The third-order valence-electron chi connectivity index (χ3n) is 4.79. The standard InChI is InChI=1S/C17H23Cl2N/c18-16-8-5-12(10-17(16)19)9-13-3-1-2-4-14(13)11-20-15-6-7-15/h5,8,10,13-15,20H,1-4,6-7,9,11H2. The molecule has 20 heavy (non-hydrogen) atoms. The molecule has 1 aromatic carbocycles. The Labute approximate surface area is 132 Å². The van der Waals surface area contributed by atoms with Crippen molar-refractivity contribution >= 4 is 23.2 Å². The average molecular weight is 312 g/mol. The molecule has 3 rings (SSSR count). The summed E-state index contributed by atoms with van der Waals surface area (Å²) in [7, 11) is 0. The predicted octanol–water partition coefficient (Wildman–Crippen LogP) is 5.09. The Kier molecular flexibility index (Phi) is 4.91. The normalized spacial score (nSPS) is 26.7. The molecule has 1 nitrogen and oxygen atoms in total. The van der Waals surface area contributed by atoms with Crippen molar-refractivity contribution < 1.29 is 0 Å². The summed E-state index contributed by atoms with van der Waals surface area (Å²) >= 11 is 12.1. The van der Waals surface area contributed by atoms with E-state index in [1.807, 2.05) is 12.1 Å². The number of hydrogen-bond acceptors (Lipinski definition) is 1. The van der Waals surface area contributed by atoms with Gasteiger partial charge in [0.2, 0.25) is 0 Å². The van der Waals surface area contributed by atoms with Gasteiger partial charge in [0.1, 0.15) is 0 Å². The molecular formula is C17H23Cl2N. The van der Waals surface area contributed by atoms with E-state index in [9.17, 15) is 0 Å². The molecule has 2 unspecified atom stereocenters. The van der Waals surface area contributed by atoms with Crippen LogP contribution in [0.25, 0.3) is 0 Å². The van der Waals surface area contributed by atoms with E-state index < -0.39 is 0 Å². The van der Waals surface area contributed by atoms with Crippen molar-refractivity contribution in [2.75, 3.05) is 6.54 Å². The molecule has 1 aromatic rings. The molecule has 2 saturated carbocycles. The van der Waals surface area contributed by atoms with E-state index in [1.54, 1.807) is 0 Å². The zero-order valence-corrected chi connectivity index (χ0v) is 13.4. The Balaban J connectivity index is 1.61. The van der Waals surface area contributed by atoms with Gasteiger partial charge in [-0.15, -0.1) is 0 Å². The first-order chi connectivity index (χ1) is 9.72. The third-order valence-corrected chi connectivity index (χ3v) is 5.53. The quantitative estimate of drug-likeness (QED) is 0.798. The summed E-state index contributed by atoms with van der Waals surface area (Å²) in [5.74, 6) is 1.63. The van der Waals surface area contributed by atoms with E-state index in [4.69, 9.17) is 23.2 Å². The zero-order chi connectivity index (χ0) is 13.9. The molecule has 110 valence electrons. The van der Waals surface area contributed by atoms with Crippen molar-refractivity contribution in [3.05, 3.63) is 33.8 Å². The van der Waals surface area contributed by atoms with Crippen LogP contribution in [-0.4, -0.2) is 12.6 Å². The summed E-state index contributed by atoms with van der Waals surface area (Å²) < 4.78 is 0. The number of halogens is 2. The molecule has 2 aliphatic rings. The molecule has 2 aliphatic carbocycles. The van der Waals surface area contributed by atoms with Gasteiger partial charge < -0.3 is 5.32 Å². The molecule has 0 radical (unpaired) electrons. The summed E-state index contributed by atoms with van der Waals surface area (Å²) in [4.78, 5) is 0. The molecule has 0 heterocycles. The van der Waals surface area contributed by atoms with Crippen LogP contribution >= 0.6 is 23.2 Å². The summed E-state index contributed by atoms with van der Waals surface area (Å²) in [5.41, 5.74) is 1.34. The van der Waals surface area contributed by atoms with Gasteiger partial charge in [0, 0.05) is 6.04 Å². The minimum atomic E-state index is 0.658. The Morgan fingerprint density at radius 2 is 1.70 bits per heavy atom. The SMILES string of the molecule is Clc1ccc(CC2CCCCC2CNC2CC2)cc1Cl. The van der Waals surface area contributed by atoms with Crippen LogP contribution in [-0.2, 0) is 6.42 Å². The van der Waals surface area contributed by atoms with E-state index in [0.29, 0.717) is 10.0 Å². The van der Waals surface area contributed by atoms with Crippen molar-refractivity contribution in [3.63, 3.8) is 0 Å². The smallest absolute Gasteiger partial charge is 0.0595 e. The van der Waals surface area contributed by atoms with E-state index in [1.165, 1.54) is 50.6 Å². The highest BCUT2D eigenvalue weighted by molar-refractivity contribution is 6.42. The molecule has 0 bridgehead atoms. The first-order valence-corrected chi connectivity index (χ1v) is 8.65. The highest BCUT2D eigenvalue weighted by Crippen LogP contribution is 2.34. The Bertz CT molecular complexity index is 456. The fourth-order valence-corrected chi connectivity index (χ4v) is 3.72. The van der Waals surface area contributed by atoms with Crippen molar-refractivity contribution in [1.82, 2.24) is 5.32 Å². The van der Waals surface area contributed by atoms with Crippen LogP contribution in [0.4, 0.5) is 0 Å². The fraction of sp³-hybridized carbons (Fsp3) is 0.647. The molecule has 0 saturated heterocycles. The largest absolute Gasteiger partial charge is 0.314 e. The highest BCUT2D eigenvalue weighted by atomic mass is 35.5. The predicted molar refractivity (Wildman–Crippen MR) is 86.6 cm³/mol. The van der Waals surface area contributed by atoms with Gasteiger partial charge in [0.25, 0.3) is 0 Å². The average Bonchev–Trinajstić information content (AvgIpc) is 3.26. The second-order valence-corrected chi connectivity index (χ2v) is 7.25. The number of rotatable bonds is 5. The number of hydrogen-bond donors (Lipinski definition) is 1. The number of benzene rings is 1. The van der Waals surface area contributed by atoms with Crippen LogP contribution < -0.4 is 5.32 Å². The maximum Gasteiger partial charge on any atom is 0.0595 e. The van der Waals surface area contributed by atoms with Gasteiger partial charge in [-0.2, -0.15) is 0 Å². The zero-order valence-electron chi connectivity index (χ0n) is 11.9. The minimum Gasteiger partial charge on any atom is -0.314 e. The number of nitrogens with one attached hydrogen (secondary N) is 1. The van der Waals surface area contributed by atoms with Crippen LogP contribution in [0.1, 0.15) is 44.1 Å². The lowest BCUT2D eigenvalue weighted by Gasteiger charge is -2.32. The molecule has 0 spiro atoms. The molecule has 0 aromatic heterocycles. The first kappa shape index (κ1) is 14.7. The lowest BCUT2D eigenvalue weighted by atomic mass is 9.76. The molecule has 1 N–H and O–H groups in total. The third kappa shape index (κ3) is 3.90. The second kappa shape index (κ2) is 6.68. The van der Waals surface area contributed by atoms with Gasteiger partial charge >= 0.3 is 0 Å². The molecule has 0 amide bonds. The lowest BCUT2D eigenvalue weighted by Crippen LogP contribution is -2.32. The fourth-order valence-electron chi connectivity index (χ4n) is 3.40. The topological polar surface area (TPSA) is 12.0 Å². The summed E-state index contributed by atoms with van der Waals surface area (Å²) in [6.45, 7) is 1.21. The maximum absolute atomic E-state index is 6.13. The van der Waals surface area contributed by atoms with Gasteiger partial charge in [-0.05, 0) is 68.2 Å². The Morgan fingerprint density at radius 1 is 0.950 bits per heavy atom. The van der Waals surface area contributed by atoms with Crippen LogP contribution in [0, 0.1) is 11.8 Å². The van der Waals surface area contributed by atoms with E-state index in [0.717, 1.165) is 24.3 Å². The summed E-state index contributed by atoms with van der Waals surface area (Å²) in [6, 6.07) is 6.93. The Morgan fingerprint density at radius 3 is 2.40 bits per heavy atom. The summed E-state index contributed by atoms with van der Waals surface area (Å²) in [6.07, 6.45) is 9.42.